The number of likely N-dealkylation sites (tertiary alicyclic amines) is 1. The maximum atomic E-state index is 13.3. The van der Waals surface area contributed by atoms with Gasteiger partial charge in [0.05, 0.1) is 7.11 Å². The van der Waals surface area contributed by atoms with E-state index in [1.807, 2.05) is 61.2 Å². The van der Waals surface area contributed by atoms with Crippen LogP contribution in [0.3, 0.4) is 0 Å². The number of hydrogen-bond acceptors (Lipinski definition) is 4. The third-order valence-corrected chi connectivity index (χ3v) is 6.59. The smallest absolute Gasteiger partial charge is 0.408 e. The van der Waals surface area contributed by atoms with E-state index in [1.54, 1.807) is 7.11 Å². The molecule has 0 radical (unpaired) electrons. The molecule has 1 aliphatic heterocycles. The van der Waals surface area contributed by atoms with E-state index in [0.29, 0.717) is 19.0 Å². The third-order valence-electron chi connectivity index (χ3n) is 6.59. The van der Waals surface area contributed by atoms with E-state index in [2.05, 4.69) is 22.6 Å². The summed E-state index contributed by atoms with van der Waals surface area (Å²) in [5, 5.41) is 3.96. The molecule has 0 saturated carbocycles. The molecule has 180 valence electrons. The van der Waals surface area contributed by atoms with E-state index >= 15 is 0 Å². The van der Waals surface area contributed by atoms with Crippen molar-refractivity contribution in [2.24, 2.45) is 5.92 Å². The summed E-state index contributed by atoms with van der Waals surface area (Å²) in [5.74, 6) is 1.11. The minimum atomic E-state index is -0.614. The van der Waals surface area contributed by atoms with Crippen molar-refractivity contribution in [3.8, 4) is 5.75 Å². The van der Waals surface area contributed by atoms with Crippen molar-refractivity contribution in [3.63, 3.8) is 0 Å². The summed E-state index contributed by atoms with van der Waals surface area (Å²) in [7, 11) is 1.67. The molecule has 1 aliphatic rings. The Morgan fingerprint density at radius 3 is 2.53 bits per heavy atom. The Labute approximate surface area is 200 Å². The number of amides is 2. The van der Waals surface area contributed by atoms with E-state index in [0.717, 1.165) is 29.7 Å². The highest BCUT2D eigenvalue weighted by molar-refractivity contribution is 5.87. The lowest BCUT2D eigenvalue weighted by Crippen LogP contribution is -2.52. The second-order valence-electron chi connectivity index (χ2n) is 9.18. The van der Waals surface area contributed by atoms with Gasteiger partial charge in [-0.2, -0.15) is 0 Å². The normalized spacial score (nSPS) is 15.4. The summed E-state index contributed by atoms with van der Waals surface area (Å²) in [6, 6.07) is 14.9. The molecule has 0 unspecified atom stereocenters. The fourth-order valence-electron chi connectivity index (χ4n) is 4.60. The summed E-state index contributed by atoms with van der Waals surface area (Å²) >= 11 is 0. The highest BCUT2D eigenvalue weighted by atomic mass is 16.5. The van der Waals surface area contributed by atoms with E-state index in [1.165, 1.54) is 10.9 Å². The molecule has 2 heterocycles. The summed E-state index contributed by atoms with van der Waals surface area (Å²) in [5.41, 5.74) is 3.26. The molecular formula is C27H33N3O4. The van der Waals surface area contributed by atoms with E-state index < -0.39 is 12.1 Å². The van der Waals surface area contributed by atoms with Gasteiger partial charge in [-0.05, 0) is 54.0 Å². The molecule has 1 saturated heterocycles. The Kier molecular flexibility index (Phi) is 7.40. The molecule has 0 spiro atoms. The number of carbonyl (C=O) groups excluding carboxylic acids is 2. The number of aromatic nitrogens is 1. The van der Waals surface area contributed by atoms with Crippen molar-refractivity contribution in [1.29, 1.82) is 0 Å². The Morgan fingerprint density at radius 2 is 1.85 bits per heavy atom. The Balaban J connectivity index is 1.35. The largest absolute Gasteiger partial charge is 0.497 e. The van der Waals surface area contributed by atoms with Gasteiger partial charge in [-0.15, -0.1) is 0 Å². The van der Waals surface area contributed by atoms with Gasteiger partial charge in [-0.25, -0.2) is 4.79 Å². The molecule has 1 atom stereocenters. The monoisotopic (exact) mass is 463 g/mol. The van der Waals surface area contributed by atoms with Crippen molar-refractivity contribution >= 4 is 22.9 Å². The number of methoxy groups -OCH3 is 1. The van der Waals surface area contributed by atoms with Crippen LogP contribution in [0.25, 0.3) is 10.9 Å². The zero-order valence-electron chi connectivity index (χ0n) is 20.0. The number of nitrogens with zero attached hydrogens (tertiary/aromatic N) is 1. The van der Waals surface area contributed by atoms with Crippen molar-refractivity contribution in [1.82, 2.24) is 15.2 Å². The first-order valence-electron chi connectivity index (χ1n) is 11.9. The highest BCUT2D eigenvalue weighted by Crippen LogP contribution is 2.35. The van der Waals surface area contributed by atoms with E-state index in [9.17, 15) is 9.59 Å². The average Bonchev–Trinajstić information content (AvgIpc) is 3.29. The van der Waals surface area contributed by atoms with Crippen molar-refractivity contribution < 1.29 is 19.1 Å². The van der Waals surface area contributed by atoms with Crippen LogP contribution >= 0.6 is 0 Å². The molecular weight excluding hydrogens is 430 g/mol. The highest BCUT2D eigenvalue weighted by Gasteiger charge is 2.32. The predicted octanol–water partition coefficient (Wildman–Crippen LogP) is 4.83. The Morgan fingerprint density at radius 1 is 1.12 bits per heavy atom. The SMILES string of the molecule is COc1ccc2[nH]cc(C3CCN(C(=O)[C@@H](NC(=O)OCc4ccccc4)C(C)C)CC3)c2c1. The van der Waals surface area contributed by atoms with Gasteiger partial charge in [0, 0.05) is 30.2 Å². The van der Waals surface area contributed by atoms with Crippen LogP contribution in [-0.4, -0.2) is 48.1 Å². The second kappa shape index (κ2) is 10.6. The molecule has 2 aromatic carbocycles. The summed E-state index contributed by atoms with van der Waals surface area (Å²) in [4.78, 5) is 30.9. The number of benzene rings is 2. The summed E-state index contributed by atoms with van der Waals surface area (Å²) in [6.45, 7) is 5.36. The fraction of sp³-hybridized carbons (Fsp3) is 0.407. The molecule has 0 bridgehead atoms. The fourth-order valence-corrected chi connectivity index (χ4v) is 4.60. The topological polar surface area (TPSA) is 83.7 Å². The molecule has 34 heavy (non-hydrogen) atoms. The van der Waals surface area contributed by atoms with Gasteiger partial charge in [0.25, 0.3) is 0 Å². The van der Waals surface area contributed by atoms with E-state index in [4.69, 9.17) is 9.47 Å². The van der Waals surface area contributed by atoms with Gasteiger partial charge in [0.15, 0.2) is 0 Å². The van der Waals surface area contributed by atoms with E-state index in [-0.39, 0.29) is 18.4 Å². The molecule has 1 aromatic heterocycles. The summed E-state index contributed by atoms with van der Waals surface area (Å²) in [6.07, 6.45) is 3.25. The lowest BCUT2D eigenvalue weighted by atomic mass is 9.88. The molecule has 2 amide bonds. The van der Waals surface area contributed by atoms with Gasteiger partial charge >= 0.3 is 6.09 Å². The average molecular weight is 464 g/mol. The number of fused-ring (bicyclic) bond motifs is 1. The van der Waals surface area contributed by atoms with Crippen molar-refractivity contribution in [2.45, 2.75) is 45.3 Å². The van der Waals surface area contributed by atoms with Crippen LogP contribution < -0.4 is 10.1 Å². The number of alkyl carbamates (subject to hydrolysis) is 1. The van der Waals surface area contributed by atoms with Crippen LogP contribution in [0.15, 0.2) is 54.7 Å². The maximum Gasteiger partial charge on any atom is 0.408 e. The second-order valence-corrected chi connectivity index (χ2v) is 9.18. The minimum absolute atomic E-state index is 0.0458. The number of rotatable bonds is 7. The molecule has 3 aromatic rings. The standard InChI is InChI=1S/C27H33N3O4/c1-18(2)25(29-27(32)34-17-19-7-5-4-6-8-19)26(31)30-13-11-20(12-14-30)23-16-28-24-10-9-21(33-3)15-22(23)24/h4-10,15-16,18,20,25,28H,11-14,17H2,1-3H3,(H,29,32)/t25-/m0/s1. The zero-order valence-corrected chi connectivity index (χ0v) is 20.0. The molecule has 2 N–H and O–H groups in total. The molecule has 7 nitrogen and oxygen atoms in total. The number of nitrogens with one attached hydrogen (secondary N) is 2. The number of ether oxygens (including phenoxy) is 2. The predicted molar refractivity (Wildman–Crippen MR) is 132 cm³/mol. The first-order chi connectivity index (χ1) is 16.5. The Hall–Kier alpha value is -3.48. The van der Waals surface area contributed by atoms with Crippen LogP contribution in [0, 0.1) is 5.92 Å². The third kappa shape index (κ3) is 5.35. The van der Waals surface area contributed by atoms with Crippen LogP contribution in [0.1, 0.15) is 43.7 Å². The van der Waals surface area contributed by atoms with Crippen LogP contribution in [0.4, 0.5) is 4.79 Å². The van der Waals surface area contributed by atoms with Crippen molar-refractivity contribution in [3.05, 3.63) is 65.9 Å². The molecule has 0 aliphatic carbocycles. The lowest BCUT2D eigenvalue weighted by Gasteiger charge is -2.35. The minimum Gasteiger partial charge on any atom is -0.497 e. The number of carbonyl (C=O) groups is 2. The quantitative estimate of drug-likeness (QED) is 0.526. The first kappa shape index (κ1) is 23.7. The van der Waals surface area contributed by atoms with Crippen LogP contribution in [0.2, 0.25) is 0 Å². The number of H-pyrrole nitrogens is 1. The number of hydrogen-bond donors (Lipinski definition) is 2. The lowest BCUT2D eigenvalue weighted by molar-refractivity contribution is -0.135. The van der Waals surface area contributed by atoms with Crippen LogP contribution in [-0.2, 0) is 16.1 Å². The van der Waals surface area contributed by atoms with Gasteiger partial charge in [0.2, 0.25) is 5.91 Å². The van der Waals surface area contributed by atoms with Crippen molar-refractivity contribution in [2.75, 3.05) is 20.2 Å². The van der Waals surface area contributed by atoms with Gasteiger partial charge in [-0.1, -0.05) is 44.2 Å². The summed E-state index contributed by atoms with van der Waals surface area (Å²) < 4.78 is 10.7. The maximum absolute atomic E-state index is 13.3. The Bertz CT molecular complexity index is 1120. The number of piperidine rings is 1. The zero-order chi connectivity index (χ0) is 24.1. The van der Waals surface area contributed by atoms with Gasteiger partial charge < -0.3 is 24.7 Å². The molecule has 4 rings (SSSR count). The van der Waals surface area contributed by atoms with Crippen LogP contribution in [0.5, 0.6) is 5.75 Å². The van der Waals surface area contributed by atoms with Gasteiger partial charge in [-0.3, -0.25) is 4.79 Å². The van der Waals surface area contributed by atoms with Gasteiger partial charge in [0.1, 0.15) is 18.4 Å². The first-order valence-corrected chi connectivity index (χ1v) is 11.9. The number of aromatic amines is 1. The molecule has 7 heteroatoms. The molecule has 1 fully saturated rings.